The molecule has 1 nitrogen and oxygen atoms in total. The fraction of sp³-hybridized carbons (Fsp3) is 0.647. The zero-order valence-electron chi connectivity index (χ0n) is 11.5. The Morgan fingerprint density at radius 1 is 1.17 bits per heavy atom. The van der Waals surface area contributed by atoms with Gasteiger partial charge in [0.15, 0.2) is 0 Å². The van der Waals surface area contributed by atoms with Crippen LogP contribution in [0.1, 0.15) is 56.1 Å². The molecule has 1 aromatic carbocycles. The molecule has 18 heavy (non-hydrogen) atoms. The van der Waals surface area contributed by atoms with Crippen molar-refractivity contribution in [2.24, 2.45) is 0 Å². The number of aryl methyl sites for hydroxylation is 1. The third-order valence-electron chi connectivity index (χ3n) is 4.75. The van der Waals surface area contributed by atoms with Gasteiger partial charge in [-0.1, -0.05) is 49.1 Å². The summed E-state index contributed by atoms with van der Waals surface area (Å²) in [7, 11) is 0. The van der Waals surface area contributed by atoms with Gasteiger partial charge in [-0.05, 0) is 38.2 Å². The Morgan fingerprint density at radius 2 is 1.94 bits per heavy atom. The van der Waals surface area contributed by atoms with Crippen LogP contribution in [0.25, 0.3) is 0 Å². The van der Waals surface area contributed by atoms with Crippen LogP contribution >= 0.6 is 0 Å². The van der Waals surface area contributed by atoms with Gasteiger partial charge in [0.05, 0.1) is 0 Å². The summed E-state index contributed by atoms with van der Waals surface area (Å²) in [6.45, 7) is 3.41. The third kappa shape index (κ3) is 2.61. The summed E-state index contributed by atoms with van der Waals surface area (Å²) in [5.41, 5.74) is 3.41. The first-order chi connectivity index (χ1) is 8.78. The molecular formula is C17H25N. The van der Waals surface area contributed by atoms with Crippen LogP contribution in [0.4, 0.5) is 0 Å². The maximum atomic E-state index is 3.79. The van der Waals surface area contributed by atoms with E-state index in [1.165, 1.54) is 57.1 Å². The topological polar surface area (TPSA) is 12.0 Å². The van der Waals surface area contributed by atoms with Crippen LogP contribution in [0.2, 0.25) is 0 Å². The second-order valence-electron chi connectivity index (χ2n) is 6.37. The molecule has 0 heterocycles. The van der Waals surface area contributed by atoms with E-state index in [2.05, 4.69) is 36.5 Å². The fourth-order valence-electron chi connectivity index (χ4n) is 3.40. The highest BCUT2D eigenvalue weighted by Crippen LogP contribution is 2.39. The number of benzene rings is 1. The number of hydrogen-bond acceptors (Lipinski definition) is 1. The molecule has 2 saturated carbocycles. The molecule has 0 saturated heterocycles. The van der Waals surface area contributed by atoms with Gasteiger partial charge < -0.3 is 5.32 Å². The molecule has 3 rings (SSSR count). The SMILES string of the molecule is Cc1cccc(C2(CNC3CC3)CCCCC2)c1. The summed E-state index contributed by atoms with van der Waals surface area (Å²) in [6.07, 6.45) is 9.76. The lowest BCUT2D eigenvalue weighted by molar-refractivity contribution is 0.279. The first-order valence-corrected chi connectivity index (χ1v) is 7.59. The smallest absolute Gasteiger partial charge is 0.00779 e. The Bertz CT molecular complexity index is 400. The van der Waals surface area contributed by atoms with Crippen molar-refractivity contribution in [2.45, 2.75) is 63.3 Å². The minimum absolute atomic E-state index is 0.423. The van der Waals surface area contributed by atoms with E-state index in [1.54, 1.807) is 5.56 Å². The lowest BCUT2D eigenvalue weighted by atomic mass is 9.69. The Morgan fingerprint density at radius 3 is 2.61 bits per heavy atom. The van der Waals surface area contributed by atoms with Crippen LogP contribution in [0.15, 0.2) is 24.3 Å². The molecule has 0 atom stereocenters. The summed E-state index contributed by atoms with van der Waals surface area (Å²) in [5, 5.41) is 3.79. The molecule has 1 heteroatoms. The average Bonchev–Trinajstić information content (AvgIpc) is 3.22. The molecule has 1 N–H and O–H groups in total. The Labute approximate surface area is 111 Å². The quantitative estimate of drug-likeness (QED) is 0.844. The molecule has 0 aliphatic heterocycles. The fourth-order valence-corrected chi connectivity index (χ4v) is 3.40. The lowest BCUT2D eigenvalue weighted by Gasteiger charge is -2.38. The summed E-state index contributed by atoms with van der Waals surface area (Å²) < 4.78 is 0. The Hall–Kier alpha value is -0.820. The first-order valence-electron chi connectivity index (χ1n) is 7.59. The monoisotopic (exact) mass is 243 g/mol. The van der Waals surface area contributed by atoms with Crippen molar-refractivity contribution >= 4 is 0 Å². The van der Waals surface area contributed by atoms with E-state index in [9.17, 15) is 0 Å². The highest BCUT2D eigenvalue weighted by molar-refractivity contribution is 5.31. The zero-order valence-corrected chi connectivity index (χ0v) is 11.5. The van der Waals surface area contributed by atoms with Gasteiger partial charge in [-0.15, -0.1) is 0 Å². The summed E-state index contributed by atoms with van der Waals surface area (Å²) >= 11 is 0. The van der Waals surface area contributed by atoms with Crippen LogP contribution < -0.4 is 5.32 Å². The molecule has 2 aliphatic carbocycles. The van der Waals surface area contributed by atoms with Crippen molar-refractivity contribution < 1.29 is 0 Å². The van der Waals surface area contributed by atoms with Crippen molar-refractivity contribution in [3.8, 4) is 0 Å². The van der Waals surface area contributed by atoms with Crippen LogP contribution in [0, 0.1) is 6.92 Å². The number of rotatable bonds is 4. The highest BCUT2D eigenvalue weighted by Gasteiger charge is 2.35. The maximum Gasteiger partial charge on any atom is 0.00779 e. The van der Waals surface area contributed by atoms with E-state index < -0.39 is 0 Å². The Kier molecular flexibility index (Phi) is 3.43. The third-order valence-corrected chi connectivity index (χ3v) is 4.75. The molecule has 0 amide bonds. The van der Waals surface area contributed by atoms with Crippen molar-refractivity contribution in [1.82, 2.24) is 5.32 Å². The van der Waals surface area contributed by atoms with Gasteiger partial charge in [0.25, 0.3) is 0 Å². The molecule has 0 spiro atoms. The summed E-state index contributed by atoms with van der Waals surface area (Å²) in [6, 6.07) is 10.0. The van der Waals surface area contributed by atoms with Crippen LogP contribution in [-0.2, 0) is 5.41 Å². The minimum atomic E-state index is 0.423. The largest absolute Gasteiger partial charge is 0.313 e. The van der Waals surface area contributed by atoms with Crippen molar-refractivity contribution in [2.75, 3.05) is 6.54 Å². The van der Waals surface area contributed by atoms with Gasteiger partial charge in [-0.25, -0.2) is 0 Å². The van der Waals surface area contributed by atoms with Gasteiger partial charge >= 0.3 is 0 Å². The molecule has 2 aliphatic rings. The van der Waals surface area contributed by atoms with Crippen LogP contribution in [-0.4, -0.2) is 12.6 Å². The molecule has 0 radical (unpaired) electrons. The molecule has 0 bridgehead atoms. The average molecular weight is 243 g/mol. The van der Waals surface area contributed by atoms with Crippen molar-refractivity contribution in [3.63, 3.8) is 0 Å². The second-order valence-corrected chi connectivity index (χ2v) is 6.37. The molecule has 1 aromatic rings. The second kappa shape index (κ2) is 5.05. The number of nitrogens with one attached hydrogen (secondary N) is 1. The Balaban J connectivity index is 1.82. The summed E-state index contributed by atoms with van der Waals surface area (Å²) in [5.74, 6) is 0. The summed E-state index contributed by atoms with van der Waals surface area (Å²) in [4.78, 5) is 0. The van der Waals surface area contributed by atoms with Gasteiger partial charge in [0.1, 0.15) is 0 Å². The normalized spacial score (nSPS) is 22.9. The van der Waals surface area contributed by atoms with Crippen LogP contribution in [0.3, 0.4) is 0 Å². The first kappa shape index (κ1) is 12.2. The van der Waals surface area contributed by atoms with Crippen molar-refractivity contribution in [3.05, 3.63) is 35.4 Å². The minimum Gasteiger partial charge on any atom is -0.313 e. The zero-order chi connectivity index (χ0) is 12.4. The van der Waals surface area contributed by atoms with Gasteiger partial charge in [-0.2, -0.15) is 0 Å². The van der Waals surface area contributed by atoms with E-state index in [4.69, 9.17) is 0 Å². The standard InChI is InChI=1S/C17H25N/c1-14-6-5-7-15(12-14)17(10-3-2-4-11-17)13-18-16-8-9-16/h5-7,12,16,18H,2-4,8-11,13H2,1H3. The highest BCUT2D eigenvalue weighted by atomic mass is 15.0. The molecule has 98 valence electrons. The van der Waals surface area contributed by atoms with Gasteiger partial charge in [0, 0.05) is 18.0 Å². The van der Waals surface area contributed by atoms with E-state index in [1.807, 2.05) is 0 Å². The van der Waals surface area contributed by atoms with E-state index in [-0.39, 0.29) is 0 Å². The molecule has 2 fully saturated rings. The van der Waals surface area contributed by atoms with Gasteiger partial charge in [0.2, 0.25) is 0 Å². The molecule has 0 unspecified atom stereocenters. The van der Waals surface area contributed by atoms with Crippen molar-refractivity contribution in [1.29, 1.82) is 0 Å². The van der Waals surface area contributed by atoms with E-state index in [0.717, 1.165) is 6.04 Å². The van der Waals surface area contributed by atoms with E-state index >= 15 is 0 Å². The van der Waals surface area contributed by atoms with E-state index in [0.29, 0.717) is 5.41 Å². The predicted octanol–water partition coefficient (Wildman–Crippen LogP) is 3.95. The predicted molar refractivity (Wildman–Crippen MR) is 77.0 cm³/mol. The molecular weight excluding hydrogens is 218 g/mol. The number of hydrogen-bond donors (Lipinski definition) is 1. The maximum absolute atomic E-state index is 3.79. The molecule has 0 aromatic heterocycles. The van der Waals surface area contributed by atoms with Gasteiger partial charge in [-0.3, -0.25) is 0 Å². The lowest BCUT2D eigenvalue weighted by Crippen LogP contribution is -2.40. The van der Waals surface area contributed by atoms with Crippen LogP contribution in [0.5, 0.6) is 0 Å².